The second-order valence-corrected chi connectivity index (χ2v) is 7.51. The Kier molecular flexibility index (Phi) is 3.15. The van der Waals surface area contributed by atoms with Crippen molar-refractivity contribution in [3.8, 4) is 0 Å². The lowest BCUT2D eigenvalue weighted by molar-refractivity contribution is 0.0193. The molecule has 1 aliphatic heterocycles. The normalized spacial score (nSPS) is 31.6. The van der Waals surface area contributed by atoms with E-state index >= 15 is 0 Å². The molecule has 4 rings (SSSR count). The van der Waals surface area contributed by atoms with Crippen LogP contribution in [0.5, 0.6) is 0 Å². The van der Waals surface area contributed by atoms with Gasteiger partial charge < -0.3 is 13.7 Å². The Morgan fingerprint density at radius 2 is 2.05 bits per heavy atom. The predicted molar refractivity (Wildman–Crippen MR) is 79.7 cm³/mol. The zero-order valence-electron chi connectivity index (χ0n) is 13.3. The molecule has 0 radical (unpaired) electrons. The van der Waals surface area contributed by atoms with Crippen LogP contribution in [0, 0.1) is 5.41 Å². The van der Waals surface area contributed by atoms with E-state index in [0.717, 1.165) is 36.9 Å². The van der Waals surface area contributed by atoms with Gasteiger partial charge >= 0.3 is 0 Å². The lowest BCUT2D eigenvalue weighted by Crippen LogP contribution is -2.30. The molecule has 0 spiro atoms. The first-order valence-electron chi connectivity index (χ1n) is 8.02. The summed E-state index contributed by atoms with van der Waals surface area (Å²) < 4.78 is 16.9. The van der Waals surface area contributed by atoms with E-state index in [1.165, 1.54) is 0 Å². The number of aromatic nitrogens is 2. The topological polar surface area (TPSA) is 61.3 Å². The van der Waals surface area contributed by atoms with Gasteiger partial charge in [-0.25, -0.2) is 0 Å². The van der Waals surface area contributed by atoms with E-state index in [1.54, 1.807) is 6.26 Å². The van der Waals surface area contributed by atoms with Crippen molar-refractivity contribution in [2.75, 3.05) is 6.61 Å². The molecule has 0 unspecified atom stereocenters. The van der Waals surface area contributed by atoms with Crippen LogP contribution in [-0.2, 0) is 4.74 Å². The van der Waals surface area contributed by atoms with E-state index in [0.29, 0.717) is 11.8 Å². The number of hydrogen-bond donors (Lipinski definition) is 0. The lowest BCUT2D eigenvalue weighted by atomic mass is 9.81. The van der Waals surface area contributed by atoms with Crippen LogP contribution in [0.4, 0.5) is 0 Å². The average molecular weight is 302 g/mol. The molecule has 118 valence electrons. The molecule has 2 fully saturated rings. The van der Waals surface area contributed by atoms with Crippen LogP contribution in [0.15, 0.2) is 27.3 Å². The quantitative estimate of drug-likeness (QED) is 0.861. The zero-order valence-corrected chi connectivity index (χ0v) is 13.3. The van der Waals surface area contributed by atoms with Gasteiger partial charge in [-0.3, -0.25) is 0 Å². The van der Waals surface area contributed by atoms with Crippen molar-refractivity contribution < 1.29 is 13.7 Å². The van der Waals surface area contributed by atoms with Gasteiger partial charge in [0.15, 0.2) is 5.82 Å². The minimum absolute atomic E-state index is 0.0816. The molecular weight excluding hydrogens is 280 g/mol. The van der Waals surface area contributed by atoms with Gasteiger partial charge in [-0.2, -0.15) is 4.98 Å². The first-order chi connectivity index (χ1) is 10.5. The summed E-state index contributed by atoms with van der Waals surface area (Å²) in [6, 6.07) is 3.94. The third kappa shape index (κ3) is 2.37. The Labute approximate surface area is 130 Å². The second-order valence-electron chi connectivity index (χ2n) is 7.51. The molecule has 1 saturated heterocycles. The smallest absolute Gasteiger partial charge is 0.230 e. The summed E-state index contributed by atoms with van der Waals surface area (Å²) in [5.41, 5.74) is 0.0816. The van der Waals surface area contributed by atoms with E-state index in [2.05, 4.69) is 30.9 Å². The highest BCUT2D eigenvalue weighted by molar-refractivity contribution is 5.23. The van der Waals surface area contributed by atoms with Gasteiger partial charge in [-0.05, 0) is 30.4 Å². The highest BCUT2D eigenvalue weighted by Gasteiger charge is 2.47. The number of hydrogen-bond acceptors (Lipinski definition) is 5. The molecule has 2 aliphatic rings. The maximum Gasteiger partial charge on any atom is 0.230 e. The minimum Gasteiger partial charge on any atom is -0.469 e. The summed E-state index contributed by atoms with van der Waals surface area (Å²) in [4.78, 5) is 4.68. The van der Waals surface area contributed by atoms with Crippen LogP contribution >= 0.6 is 0 Å². The zero-order chi connectivity index (χ0) is 15.3. The van der Waals surface area contributed by atoms with Crippen molar-refractivity contribution in [3.63, 3.8) is 0 Å². The molecule has 2 aromatic rings. The Morgan fingerprint density at radius 1 is 1.18 bits per heavy atom. The van der Waals surface area contributed by atoms with Crippen molar-refractivity contribution in [3.05, 3.63) is 35.9 Å². The Balaban J connectivity index is 1.51. The second kappa shape index (κ2) is 4.95. The fourth-order valence-corrected chi connectivity index (χ4v) is 3.54. The summed E-state index contributed by atoms with van der Waals surface area (Å²) in [6.07, 6.45) is 3.86. The Morgan fingerprint density at radius 3 is 2.77 bits per heavy atom. The van der Waals surface area contributed by atoms with Crippen LogP contribution in [-0.4, -0.2) is 22.9 Å². The fourth-order valence-electron chi connectivity index (χ4n) is 3.54. The molecule has 3 heterocycles. The third-order valence-electron chi connectivity index (χ3n) is 4.75. The van der Waals surface area contributed by atoms with Crippen LogP contribution in [0.2, 0.25) is 0 Å². The van der Waals surface area contributed by atoms with Gasteiger partial charge in [-0.1, -0.05) is 25.9 Å². The molecule has 1 aliphatic carbocycles. The van der Waals surface area contributed by atoms with E-state index < -0.39 is 0 Å². The number of nitrogens with zero attached hydrogens (tertiary/aromatic N) is 2. The Bertz CT molecular complexity index is 641. The van der Waals surface area contributed by atoms with Crippen LogP contribution < -0.4 is 0 Å². The highest BCUT2D eigenvalue weighted by Crippen LogP contribution is 2.54. The van der Waals surface area contributed by atoms with Gasteiger partial charge in [0, 0.05) is 18.4 Å². The molecule has 0 aromatic carbocycles. The van der Waals surface area contributed by atoms with Crippen LogP contribution in [0.25, 0.3) is 0 Å². The first kappa shape index (κ1) is 14.0. The molecule has 22 heavy (non-hydrogen) atoms. The minimum atomic E-state index is 0.0816. The summed E-state index contributed by atoms with van der Waals surface area (Å²) in [6.45, 7) is 7.37. The standard InChI is InChI=1S/C17H22N2O3/c1-17(2,3)14-10(6-8-21-14)15-18-16(22-19-15)12-9-11(12)13-5-4-7-20-13/h4-5,7,10-12,14H,6,8-9H2,1-3H3/t10-,11-,12-,14-/m0/s1. The summed E-state index contributed by atoms with van der Waals surface area (Å²) in [5, 5.41) is 4.24. The monoisotopic (exact) mass is 302 g/mol. The van der Waals surface area contributed by atoms with Crippen molar-refractivity contribution in [1.82, 2.24) is 10.1 Å². The van der Waals surface area contributed by atoms with E-state index in [4.69, 9.17) is 13.7 Å². The molecule has 4 atom stereocenters. The number of furan rings is 1. The molecule has 0 amide bonds. The Hall–Kier alpha value is -1.62. The van der Waals surface area contributed by atoms with Crippen LogP contribution in [0.3, 0.4) is 0 Å². The van der Waals surface area contributed by atoms with Crippen molar-refractivity contribution >= 4 is 0 Å². The van der Waals surface area contributed by atoms with E-state index in [9.17, 15) is 0 Å². The number of ether oxygens (including phenoxy) is 1. The van der Waals surface area contributed by atoms with Gasteiger partial charge in [-0.15, -0.1) is 0 Å². The molecule has 0 bridgehead atoms. The maximum atomic E-state index is 5.91. The molecule has 5 nitrogen and oxygen atoms in total. The summed E-state index contributed by atoms with van der Waals surface area (Å²) >= 11 is 0. The van der Waals surface area contributed by atoms with Crippen molar-refractivity contribution in [2.45, 2.75) is 57.5 Å². The van der Waals surface area contributed by atoms with Gasteiger partial charge in [0.05, 0.1) is 18.3 Å². The summed E-state index contributed by atoms with van der Waals surface area (Å²) in [5.74, 6) is 3.50. The first-order valence-corrected chi connectivity index (χ1v) is 8.02. The van der Waals surface area contributed by atoms with Gasteiger partial charge in [0.1, 0.15) is 5.76 Å². The largest absolute Gasteiger partial charge is 0.469 e. The van der Waals surface area contributed by atoms with Gasteiger partial charge in [0.25, 0.3) is 0 Å². The number of rotatable bonds is 3. The van der Waals surface area contributed by atoms with Crippen LogP contribution in [0.1, 0.15) is 68.8 Å². The average Bonchev–Trinajstić information content (AvgIpc) is 3.00. The van der Waals surface area contributed by atoms with Crippen molar-refractivity contribution in [2.24, 2.45) is 5.41 Å². The maximum absolute atomic E-state index is 5.91. The predicted octanol–water partition coefficient (Wildman–Crippen LogP) is 3.85. The highest BCUT2D eigenvalue weighted by atomic mass is 16.5. The lowest BCUT2D eigenvalue weighted by Gasteiger charge is -2.29. The molecule has 0 N–H and O–H groups in total. The van der Waals surface area contributed by atoms with Crippen molar-refractivity contribution in [1.29, 1.82) is 0 Å². The van der Waals surface area contributed by atoms with E-state index in [-0.39, 0.29) is 17.4 Å². The molecule has 5 heteroatoms. The SMILES string of the molecule is CC(C)(C)[C@H]1OCC[C@@H]1c1noc([C@H]2C[C@@H]2c2ccco2)n1. The third-order valence-corrected chi connectivity index (χ3v) is 4.75. The fraction of sp³-hybridized carbons (Fsp3) is 0.647. The van der Waals surface area contributed by atoms with Gasteiger partial charge in [0.2, 0.25) is 5.89 Å². The molecular formula is C17H22N2O3. The molecule has 2 aromatic heterocycles. The molecule has 1 saturated carbocycles. The van der Waals surface area contributed by atoms with E-state index in [1.807, 2.05) is 12.1 Å². The summed E-state index contributed by atoms with van der Waals surface area (Å²) in [7, 11) is 0.